The molecule has 0 bridgehead atoms. The zero-order valence-corrected chi connectivity index (χ0v) is 12.1. The molecule has 0 heterocycles. The van der Waals surface area contributed by atoms with Crippen molar-refractivity contribution in [1.82, 2.24) is 0 Å². The minimum absolute atomic E-state index is 0.142. The molecular formula is C15H15F3O4. The van der Waals surface area contributed by atoms with Gasteiger partial charge < -0.3 is 9.47 Å². The predicted octanol–water partition coefficient (Wildman–Crippen LogP) is 3.43. The molecule has 0 saturated heterocycles. The Bertz CT molecular complexity index is 561. The van der Waals surface area contributed by atoms with Crippen molar-refractivity contribution in [3.8, 4) is 0 Å². The highest BCUT2D eigenvalue weighted by atomic mass is 19.4. The van der Waals surface area contributed by atoms with Crippen LogP contribution >= 0.6 is 0 Å². The fraction of sp³-hybridized carbons (Fsp3) is 0.333. The fourth-order valence-electron chi connectivity index (χ4n) is 1.49. The van der Waals surface area contributed by atoms with E-state index < -0.39 is 36.4 Å². The van der Waals surface area contributed by atoms with Gasteiger partial charge >= 0.3 is 18.1 Å². The Morgan fingerprint density at radius 3 is 2.23 bits per heavy atom. The van der Waals surface area contributed by atoms with E-state index in [1.165, 1.54) is 26.0 Å². The van der Waals surface area contributed by atoms with Gasteiger partial charge in [-0.05, 0) is 31.5 Å². The van der Waals surface area contributed by atoms with Gasteiger partial charge in [0.1, 0.15) is 6.10 Å². The molecule has 1 aromatic carbocycles. The Labute approximate surface area is 125 Å². The quantitative estimate of drug-likeness (QED) is 0.617. The second-order valence-electron chi connectivity index (χ2n) is 4.61. The van der Waals surface area contributed by atoms with Crippen LogP contribution in [0, 0.1) is 0 Å². The summed E-state index contributed by atoms with van der Waals surface area (Å²) < 4.78 is 46.9. The molecule has 0 fully saturated rings. The highest BCUT2D eigenvalue weighted by molar-refractivity contribution is 5.88. The number of halogens is 3. The number of hydrogen-bond donors (Lipinski definition) is 0. The average molecular weight is 316 g/mol. The molecule has 22 heavy (non-hydrogen) atoms. The topological polar surface area (TPSA) is 52.6 Å². The maximum atomic E-state index is 12.4. The lowest BCUT2D eigenvalue weighted by molar-refractivity contribution is -0.160. The van der Waals surface area contributed by atoms with Gasteiger partial charge in [0.15, 0.2) is 6.61 Å². The first-order valence-electron chi connectivity index (χ1n) is 6.30. The second kappa shape index (κ2) is 7.11. The van der Waals surface area contributed by atoms with Gasteiger partial charge in [-0.1, -0.05) is 18.7 Å². The highest BCUT2D eigenvalue weighted by Gasteiger charge is 2.30. The number of rotatable bonds is 5. The maximum Gasteiger partial charge on any atom is 0.416 e. The number of alkyl halides is 3. The summed E-state index contributed by atoms with van der Waals surface area (Å²) in [5.74, 6) is -1.53. The standard InChI is InChI=1S/C15H15F3O4/c1-9(2)14(20)21-8-13(19)22-10(3)11-4-6-12(7-5-11)15(16,17)18/h4-7,10H,1,8H2,2-3H3. The van der Waals surface area contributed by atoms with Gasteiger partial charge in [-0.25, -0.2) is 9.59 Å². The van der Waals surface area contributed by atoms with E-state index in [1.807, 2.05) is 0 Å². The summed E-state index contributed by atoms with van der Waals surface area (Å²) in [4.78, 5) is 22.6. The Hall–Kier alpha value is -2.31. The van der Waals surface area contributed by atoms with Crippen molar-refractivity contribution in [1.29, 1.82) is 0 Å². The molecule has 4 nitrogen and oxygen atoms in total. The summed E-state index contributed by atoms with van der Waals surface area (Å²) in [5, 5.41) is 0. The van der Waals surface area contributed by atoms with Gasteiger partial charge in [0.25, 0.3) is 0 Å². The van der Waals surface area contributed by atoms with E-state index in [2.05, 4.69) is 11.3 Å². The monoisotopic (exact) mass is 316 g/mol. The van der Waals surface area contributed by atoms with Crippen molar-refractivity contribution in [2.75, 3.05) is 6.61 Å². The van der Waals surface area contributed by atoms with E-state index in [4.69, 9.17) is 4.74 Å². The van der Waals surface area contributed by atoms with E-state index in [-0.39, 0.29) is 5.57 Å². The van der Waals surface area contributed by atoms with E-state index in [9.17, 15) is 22.8 Å². The maximum absolute atomic E-state index is 12.4. The number of hydrogen-bond acceptors (Lipinski definition) is 4. The molecule has 0 aliphatic heterocycles. The van der Waals surface area contributed by atoms with Crippen molar-refractivity contribution >= 4 is 11.9 Å². The van der Waals surface area contributed by atoms with Gasteiger partial charge in [-0.3, -0.25) is 0 Å². The third kappa shape index (κ3) is 5.23. The number of benzene rings is 1. The fourth-order valence-corrected chi connectivity index (χ4v) is 1.49. The molecule has 0 radical (unpaired) electrons. The van der Waals surface area contributed by atoms with Crippen LogP contribution < -0.4 is 0 Å². The van der Waals surface area contributed by atoms with E-state index in [0.717, 1.165) is 12.1 Å². The summed E-state index contributed by atoms with van der Waals surface area (Å²) in [6, 6.07) is 4.25. The number of esters is 2. The summed E-state index contributed by atoms with van der Waals surface area (Å²) in [5.41, 5.74) is -0.249. The lowest BCUT2D eigenvalue weighted by atomic mass is 10.1. The summed E-state index contributed by atoms with van der Waals surface area (Å²) in [6.45, 7) is 5.69. The molecule has 1 atom stereocenters. The molecule has 0 aromatic heterocycles. The molecule has 7 heteroatoms. The lowest BCUT2D eigenvalue weighted by Gasteiger charge is -2.15. The lowest BCUT2D eigenvalue weighted by Crippen LogP contribution is -2.18. The Balaban J connectivity index is 2.58. The van der Waals surface area contributed by atoms with Gasteiger partial charge in [0, 0.05) is 5.57 Å². The molecular weight excluding hydrogens is 301 g/mol. The van der Waals surface area contributed by atoms with Gasteiger partial charge in [0.2, 0.25) is 0 Å². The molecule has 0 aliphatic carbocycles. The number of carbonyl (C=O) groups is 2. The molecule has 120 valence electrons. The van der Waals surface area contributed by atoms with Crippen LogP contribution in [-0.4, -0.2) is 18.5 Å². The molecule has 0 aliphatic rings. The van der Waals surface area contributed by atoms with E-state index in [1.54, 1.807) is 0 Å². The first kappa shape index (κ1) is 17.7. The zero-order valence-electron chi connectivity index (χ0n) is 12.1. The molecule has 0 N–H and O–H groups in total. The van der Waals surface area contributed by atoms with Crippen LogP contribution in [0.4, 0.5) is 13.2 Å². The van der Waals surface area contributed by atoms with Crippen molar-refractivity contribution in [2.45, 2.75) is 26.1 Å². The molecule has 0 spiro atoms. The van der Waals surface area contributed by atoms with Gasteiger partial charge in [0.05, 0.1) is 5.56 Å². The van der Waals surface area contributed by atoms with Crippen LogP contribution in [-0.2, 0) is 25.2 Å². The number of carbonyl (C=O) groups excluding carboxylic acids is 2. The van der Waals surface area contributed by atoms with Crippen LogP contribution in [0.5, 0.6) is 0 Å². The van der Waals surface area contributed by atoms with Gasteiger partial charge in [-0.2, -0.15) is 13.2 Å². The molecule has 0 amide bonds. The SMILES string of the molecule is C=C(C)C(=O)OCC(=O)OC(C)c1ccc(C(F)(F)F)cc1. The van der Waals surface area contributed by atoms with Crippen LogP contribution in [0.2, 0.25) is 0 Å². The third-order valence-corrected chi connectivity index (χ3v) is 2.69. The van der Waals surface area contributed by atoms with Crippen LogP contribution in [0.15, 0.2) is 36.4 Å². The second-order valence-corrected chi connectivity index (χ2v) is 4.61. The van der Waals surface area contributed by atoms with Gasteiger partial charge in [-0.15, -0.1) is 0 Å². The first-order valence-corrected chi connectivity index (χ1v) is 6.30. The number of ether oxygens (including phenoxy) is 2. The molecule has 1 unspecified atom stereocenters. The van der Waals surface area contributed by atoms with E-state index >= 15 is 0 Å². The van der Waals surface area contributed by atoms with Crippen molar-refractivity contribution in [3.05, 3.63) is 47.5 Å². The van der Waals surface area contributed by atoms with E-state index in [0.29, 0.717) is 5.56 Å². The Kier molecular flexibility index (Phi) is 5.73. The molecule has 0 saturated carbocycles. The minimum Gasteiger partial charge on any atom is -0.455 e. The van der Waals surface area contributed by atoms with Crippen molar-refractivity contribution in [3.63, 3.8) is 0 Å². The average Bonchev–Trinajstić information content (AvgIpc) is 2.43. The predicted molar refractivity (Wildman–Crippen MR) is 71.7 cm³/mol. The largest absolute Gasteiger partial charge is 0.455 e. The van der Waals surface area contributed by atoms with Crippen molar-refractivity contribution in [2.24, 2.45) is 0 Å². The van der Waals surface area contributed by atoms with Crippen LogP contribution in [0.25, 0.3) is 0 Å². The first-order chi connectivity index (χ1) is 10.1. The van der Waals surface area contributed by atoms with Crippen molar-refractivity contribution < 1.29 is 32.2 Å². The smallest absolute Gasteiger partial charge is 0.416 e. The third-order valence-electron chi connectivity index (χ3n) is 2.69. The Morgan fingerprint density at radius 2 is 1.77 bits per heavy atom. The van der Waals surface area contributed by atoms with Crippen LogP contribution in [0.1, 0.15) is 31.1 Å². The van der Waals surface area contributed by atoms with Crippen LogP contribution in [0.3, 0.4) is 0 Å². The minimum atomic E-state index is -4.42. The normalized spacial score (nSPS) is 12.4. The summed E-state index contributed by atoms with van der Waals surface area (Å²) >= 11 is 0. The summed E-state index contributed by atoms with van der Waals surface area (Å²) in [7, 11) is 0. The Morgan fingerprint density at radius 1 is 1.23 bits per heavy atom. The molecule has 1 aromatic rings. The highest BCUT2D eigenvalue weighted by Crippen LogP contribution is 2.30. The zero-order chi connectivity index (χ0) is 16.9. The summed E-state index contributed by atoms with van der Waals surface area (Å²) in [6.07, 6.45) is -5.19. The molecule has 1 rings (SSSR count).